The maximum atomic E-state index is 12.6. The van der Waals surface area contributed by atoms with E-state index >= 15 is 0 Å². The fourth-order valence-electron chi connectivity index (χ4n) is 1.66. The van der Waals surface area contributed by atoms with Crippen molar-refractivity contribution in [2.75, 3.05) is 0 Å². The lowest BCUT2D eigenvalue weighted by Gasteiger charge is -2.07. The molecule has 0 fully saturated rings. The Labute approximate surface area is 136 Å². The zero-order chi connectivity index (χ0) is 14.0. The summed E-state index contributed by atoms with van der Waals surface area (Å²) in [6.45, 7) is 2.73. The predicted octanol–water partition coefficient (Wildman–Crippen LogP) is 4.21. The molecule has 0 spiro atoms. The first kappa shape index (κ1) is 14.9. The predicted molar refractivity (Wildman–Crippen MR) is 83.3 cm³/mol. The van der Waals surface area contributed by atoms with Gasteiger partial charge in [0.1, 0.15) is 11.4 Å². The molecule has 0 saturated heterocycles. The third-order valence-electron chi connectivity index (χ3n) is 2.47. The third kappa shape index (κ3) is 3.14. The van der Waals surface area contributed by atoms with Crippen LogP contribution in [0.15, 0.2) is 31.9 Å². The van der Waals surface area contributed by atoms with Gasteiger partial charge in [0.25, 0.3) is 0 Å². The molecule has 7 heteroatoms. The zero-order valence-corrected chi connectivity index (χ0v) is 14.8. The molecule has 0 saturated carbocycles. The fraction of sp³-hybridized carbons (Fsp3) is 0.250. The van der Waals surface area contributed by atoms with Gasteiger partial charge in [-0.3, -0.25) is 14.5 Å². The molecule has 0 unspecified atom stereocenters. The van der Waals surface area contributed by atoms with Crippen molar-refractivity contribution in [3.05, 3.63) is 43.3 Å². The minimum Gasteiger partial charge on any atom is -0.285 e. The molecule has 0 N–H and O–H groups in total. The van der Waals surface area contributed by atoms with Crippen LogP contribution in [0.4, 0.5) is 0 Å². The number of halogens is 3. The van der Waals surface area contributed by atoms with Crippen LogP contribution in [0.1, 0.15) is 29.5 Å². The van der Waals surface area contributed by atoms with Gasteiger partial charge >= 0.3 is 0 Å². The quantitative estimate of drug-likeness (QED) is 0.654. The van der Waals surface area contributed by atoms with Crippen molar-refractivity contribution < 1.29 is 4.79 Å². The number of aryl methyl sites for hydroxylation is 1. The highest BCUT2D eigenvalue weighted by Crippen LogP contribution is 2.25. The minimum atomic E-state index is -0.155. The minimum absolute atomic E-state index is 0.155. The number of carbonyl (C=O) groups is 1. The lowest BCUT2D eigenvalue weighted by Crippen LogP contribution is -2.13. The molecule has 2 aromatic rings. The number of aromatic nitrogens is 3. The van der Waals surface area contributed by atoms with Crippen LogP contribution in [0.25, 0.3) is 0 Å². The number of carbonyl (C=O) groups excluding carboxylic acids is 1. The highest BCUT2D eigenvalue weighted by atomic mass is 79.9. The number of nitrogens with zero attached hydrogens (tertiary/aromatic N) is 3. The van der Waals surface area contributed by atoms with Crippen molar-refractivity contribution in [1.29, 1.82) is 0 Å². The van der Waals surface area contributed by atoms with Crippen LogP contribution in [0.2, 0.25) is 0 Å². The molecule has 2 aromatic heterocycles. The van der Waals surface area contributed by atoms with Crippen LogP contribution in [-0.4, -0.2) is 20.5 Å². The van der Waals surface area contributed by atoms with Crippen LogP contribution < -0.4 is 0 Å². The lowest BCUT2D eigenvalue weighted by molar-refractivity contribution is 0.102. The van der Waals surface area contributed by atoms with E-state index < -0.39 is 0 Å². The second-order valence-electron chi connectivity index (χ2n) is 3.88. The van der Waals surface area contributed by atoms with Gasteiger partial charge in [-0.1, -0.05) is 6.92 Å². The molecule has 0 radical (unpaired) electrons. The van der Waals surface area contributed by atoms with Crippen LogP contribution in [0.3, 0.4) is 0 Å². The normalized spacial score (nSPS) is 10.7. The SMILES string of the molecule is CCCn1ncc(Br)c1C(=O)c1ncc(Br)cc1Br. The Morgan fingerprint density at radius 3 is 2.63 bits per heavy atom. The molecular formula is C12H10Br3N3O. The second-order valence-corrected chi connectivity index (χ2v) is 6.50. The monoisotopic (exact) mass is 449 g/mol. The summed E-state index contributed by atoms with van der Waals surface area (Å²) in [4.78, 5) is 16.7. The summed E-state index contributed by atoms with van der Waals surface area (Å²) in [6, 6.07) is 1.80. The van der Waals surface area contributed by atoms with Gasteiger partial charge in [-0.05, 0) is 60.3 Å². The number of hydrogen-bond donors (Lipinski definition) is 0. The highest BCUT2D eigenvalue weighted by molar-refractivity contribution is 9.11. The molecule has 0 aliphatic rings. The van der Waals surface area contributed by atoms with Crippen molar-refractivity contribution >= 4 is 53.6 Å². The zero-order valence-electron chi connectivity index (χ0n) is 10.0. The van der Waals surface area contributed by atoms with E-state index in [1.54, 1.807) is 23.1 Å². The summed E-state index contributed by atoms with van der Waals surface area (Å²) in [5, 5.41) is 4.20. The van der Waals surface area contributed by atoms with Crippen molar-refractivity contribution in [2.45, 2.75) is 19.9 Å². The van der Waals surface area contributed by atoms with Crippen molar-refractivity contribution in [2.24, 2.45) is 0 Å². The molecule has 0 atom stereocenters. The molecule has 2 heterocycles. The highest BCUT2D eigenvalue weighted by Gasteiger charge is 2.21. The van der Waals surface area contributed by atoms with E-state index in [-0.39, 0.29) is 5.78 Å². The number of rotatable bonds is 4. The van der Waals surface area contributed by atoms with Crippen molar-refractivity contribution in [1.82, 2.24) is 14.8 Å². The second kappa shape index (κ2) is 6.28. The molecule has 0 aromatic carbocycles. The summed E-state index contributed by atoms with van der Waals surface area (Å²) in [6.07, 6.45) is 4.14. The van der Waals surface area contributed by atoms with Crippen LogP contribution in [0, 0.1) is 0 Å². The largest absolute Gasteiger partial charge is 0.285 e. The van der Waals surface area contributed by atoms with Crippen molar-refractivity contribution in [3.63, 3.8) is 0 Å². The van der Waals surface area contributed by atoms with Gasteiger partial charge in [0.05, 0.1) is 10.7 Å². The van der Waals surface area contributed by atoms with Gasteiger partial charge in [0.15, 0.2) is 0 Å². The standard InChI is InChI=1S/C12H10Br3N3O/c1-2-3-18-11(9(15)6-17-18)12(19)10-8(14)4-7(13)5-16-10/h4-6H,2-3H2,1H3. The van der Waals surface area contributed by atoms with Crippen molar-refractivity contribution in [3.8, 4) is 0 Å². The molecule has 0 bridgehead atoms. The molecule has 0 aliphatic carbocycles. The molecule has 0 amide bonds. The average molecular weight is 452 g/mol. The maximum absolute atomic E-state index is 12.6. The van der Waals surface area contributed by atoms with Gasteiger partial charge in [0.2, 0.25) is 5.78 Å². The molecule has 4 nitrogen and oxygen atoms in total. The first-order valence-electron chi connectivity index (χ1n) is 5.61. The Kier molecular flexibility index (Phi) is 4.92. The number of hydrogen-bond acceptors (Lipinski definition) is 3. The topological polar surface area (TPSA) is 47.8 Å². The third-order valence-corrected chi connectivity index (χ3v) is 4.09. The van der Waals surface area contributed by atoms with E-state index in [2.05, 4.69) is 57.9 Å². The Hall–Kier alpha value is -0.530. The van der Waals surface area contributed by atoms with Gasteiger partial charge in [-0.25, -0.2) is 0 Å². The van der Waals surface area contributed by atoms with Crippen LogP contribution in [-0.2, 0) is 6.54 Å². The van der Waals surface area contributed by atoms with E-state index in [1.807, 2.05) is 6.92 Å². The summed E-state index contributed by atoms with van der Waals surface area (Å²) in [7, 11) is 0. The Morgan fingerprint density at radius 2 is 2.00 bits per heavy atom. The molecule has 100 valence electrons. The van der Waals surface area contributed by atoms with E-state index in [1.165, 1.54) is 0 Å². The van der Waals surface area contributed by atoms with E-state index in [9.17, 15) is 4.79 Å². The summed E-state index contributed by atoms with van der Waals surface area (Å²) in [5.41, 5.74) is 0.902. The van der Waals surface area contributed by atoms with Gasteiger partial charge in [-0.15, -0.1) is 0 Å². The molecule has 0 aliphatic heterocycles. The number of ketones is 1. The summed E-state index contributed by atoms with van der Waals surface area (Å²) in [5.74, 6) is -0.155. The van der Waals surface area contributed by atoms with Crippen LogP contribution in [0.5, 0.6) is 0 Å². The first-order chi connectivity index (χ1) is 9.04. The van der Waals surface area contributed by atoms with E-state index in [0.29, 0.717) is 26.9 Å². The Balaban J connectivity index is 2.46. The van der Waals surface area contributed by atoms with E-state index in [4.69, 9.17) is 0 Å². The van der Waals surface area contributed by atoms with Gasteiger partial charge in [-0.2, -0.15) is 5.10 Å². The summed E-state index contributed by atoms with van der Waals surface area (Å²) >= 11 is 10.0. The smallest absolute Gasteiger partial charge is 0.231 e. The first-order valence-corrected chi connectivity index (χ1v) is 7.99. The van der Waals surface area contributed by atoms with Crippen LogP contribution >= 0.6 is 47.8 Å². The molecular weight excluding hydrogens is 442 g/mol. The Bertz CT molecular complexity index is 625. The maximum Gasteiger partial charge on any atom is 0.231 e. The average Bonchev–Trinajstić information content (AvgIpc) is 2.70. The molecule has 2 rings (SSSR count). The summed E-state index contributed by atoms with van der Waals surface area (Å²) < 4.78 is 3.85. The van der Waals surface area contributed by atoms with Gasteiger partial charge < -0.3 is 0 Å². The van der Waals surface area contributed by atoms with Gasteiger partial charge in [0, 0.05) is 21.7 Å². The lowest BCUT2D eigenvalue weighted by atomic mass is 10.2. The fourth-order valence-corrected chi connectivity index (χ4v) is 3.31. The number of pyridine rings is 1. The molecule has 19 heavy (non-hydrogen) atoms. The van der Waals surface area contributed by atoms with E-state index in [0.717, 1.165) is 10.9 Å². The Morgan fingerprint density at radius 1 is 1.26 bits per heavy atom.